The van der Waals surface area contributed by atoms with Crippen molar-refractivity contribution in [3.05, 3.63) is 35.4 Å². The van der Waals surface area contributed by atoms with Crippen LogP contribution < -0.4 is 5.32 Å². The van der Waals surface area contributed by atoms with Crippen molar-refractivity contribution in [2.45, 2.75) is 18.9 Å². The summed E-state index contributed by atoms with van der Waals surface area (Å²) in [5.41, 5.74) is 1.56. The van der Waals surface area contributed by atoms with Gasteiger partial charge in [-0.2, -0.15) is 5.26 Å². The fourth-order valence-electron chi connectivity index (χ4n) is 2.21. The molecule has 1 aliphatic rings. The Kier molecular flexibility index (Phi) is 3.96. The van der Waals surface area contributed by atoms with Gasteiger partial charge in [0.25, 0.3) is 0 Å². The standard InChI is InChI=1S/C14H17N3O/c1-17-7-6-13(10-17)16-14(18)8-11-2-4-12(9-15)5-3-11/h2-5,13H,6-8,10H2,1H3,(H,16,18). The van der Waals surface area contributed by atoms with Crippen molar-refractivity contribution in [2.75, 3.05) is 20.1 Å². The lowest BCUT2D eigenvalue weighted by Gasteiger charge is -2.12. The average Bonchev–Trinajstić information content (AvgIpc) is 2.75. The van der Waals surface area contributed by atoms with E-state index in [0.29, 0.717) is 12.0 Å². The van der Waals surface area contributed by atoms with Gasteiger partial charge in [0.2, 0.25) is 5.91 Å². The molecule has 1 aliphatic heterocycles. The fourth-order valence-corrected chi connectivity index (χ4v) is 2.21. The van der Waals surface area contributed by atoms with Crippen LogP contribution in [0.1, 0.15) is 17.5 Å². The van der Waals surface area contributed by atoms with Gasteiger partial charge in [0.15, 0.2) is 0 Å². The molecule has 4 nitrogen and oxygen atoms in total. The van der Waals surface area contributed by atoms with Crippen LogP contribution in [0.5, 0.6) is 0 Å². The number of likely N-dealkylation sites (tertiary alicyclic amines) is 1. The van der Waals surface area contributed by atoms with E-state index in [0.717, 1.165) is 25.1 Å². The molecule has 1 amide bonds. The van der Waals surface area contributed by atoms with E-state index in [1.807, 2.05) is 12.1 Å². The molecule has 0 spiro atoms. The van der Waals surface area contributed by atoms with Crippen molar-refractivity contribution in [3.8, 4) is 6.07 Å². The lowest BCUT2D eigenvalue weighted by Crippen LogP contribution is -2.37. The van der Waals surface area contributed by atoms with Crippen molar-refractivity contribution < 1.29 is 4.79 Å². The van der Waals surface area contributed by atoms with Crippen LogP contribution in [0.2, 0.25) is 0 Å². The Hall–Kier alpha value is -1.86. The molecular formula is C14H17N3O. The second-order valence-corrected chi connectivity index (χ2v) is 4.80. The number of nitriles is 1. The minimum absolute atomic E-state index is 0.0556. The largest absolute Gasteiger partial charge is 0.352 e. The summed E-state index contributed by atoms with van der Waals surface area (Å²) >= 11 is 0. The number of hydrogen-bond acceptors (Lipinski definition) is 3. The van der Waals surface area contributed by atoms with Gasteiger partial charge < -0.3 is 10.2 Å². The van der Waals surface area contributed by atoms with Gasteiger partial charge in [-0.15, -0.1) is 0 Å². The third kappa shape index (κ3) is 3.31. The topological polar surface area (TPSA) is 56.1 Å². The summed E-state index contributed by atoms with van der Waals surface area (Å²) in [7, 11) is 2.06. The van der Waals surface area contributed by atoms with Crippen LogP contribution in [0.25, 0.3) is 0 Å². The Morgan fingerprint density at radius 3 is 2.78 bits per heavy atom. The Morgan fingerprint density at radius 2 is 2.22 bits per heavy atom. The first-order valence-corrected chi connectivity index (χ1v) is 6.14. The van der Waals surface area contributed by atoms with E-state index in [-0.39, 0.29) is 11.9 Å². The zero-order chi connectivity index (χ0) is 13.0. The number of amides is 1. The molecule has 0 bridgehead atoms. The van der Waals surface area contributed by atoms with E-state index in [1.165, 1.54) is 0 Å². The maximum Gasteiger partial charge on any atom is 0.224 e. The highest BCUT2D eigenvalue weighted by Crippen LogP contribution is 2.08. The van der Waals surface area contributed by atoms with Crippen LogP contribution in [0, 0.1) is 11.3 Å². The smallest absolute Gasteiger partial charge is 0.224 e. The molecule has 4 heteroatoms. The lowest BCUT2D eigenvalue weighted by molar-refractivity contribution is -0.121. The van der Waals surface area contributed by atoms with E-state index in [4.69, 9.17) is 5.26 Å². The molecule has 94 valence electrons. The van der Waals surface area contributed by atoms with Crippen LogP contribution in [0.3, 0.4) is 0 Å². The molecule has 0 saturated carbocycles. The van der Waals surface area contributed by atoms with Gasteiger partial charge in [-0.1, -0.05) is 12.1 Å². The maximum absolute atomic E-state index is 11.8. The predicted octanol–water partition coefficient (Wildman–Crippen LogP) is 0.921. The third-order valence-corrected chi connectivity index (χ3v) is 3.20. The molecule has 0 aliphatic carbocycles. The predicted molar refractivity (Wildman–Crippen MR) is 68.9 cm³/mol. The number of carbonyl (C=O) groups excluding carboxylic acids is 1. The van der Waals surface area contributed by atoms with Crippen molar-refractivity contribution in [2.24, 2.45) is 0 Å². The van der Waals surface area contributed by atoms with Crippen molar-refractivity contribution >= 4 is 5.91 Å². The average molecular weight is 243 g/mol. The van der Waals surface area contributed by atoms with Crippen LogP contribution >= 0.6 is 0 Å². The summed E-state index contributed by atoms with van der Waals surface area (Å²) in [5.74, 6) is 0.0556. The Labute approximate surface area is 107 Å². The number of nitrogens with zero attached hydrogens (tertiary/aromatic N) is 2. The van der Waals surface area contributed by atoms with Gasteiger partial charge >= 0.3 is 0 Å². The van der Waals surface area contributed by atoms with E-state index in [2.05, 4.69) is 23.3 Å². The van der Waals surface area contributed by atoms with Crippen molar-refractivity contribution in [1.29, 1.82) is 5.26 Å². The van der Waals surface area contributed by atoms with Crippen molar-refractivity contribution in [3.63, 3.8) is 0 Å². The normalized spacial score (nSPS) is 19.4. The Balaban J connectivity index is 1.85. The molecule has 1 aromatic carbocycles. The quantitative estimate of drug-likeness (QED) is 0.859. The molecule has 1 N–H and O–H groups in total. The fraction of sp³-hybridized carbons (Fsp3) is 0.429. The minimum Gasteiger partial charge on any atom is -0.352 e. The van der Waals surface area contributed by atoms with Crippen LogP contribution in [-0.4, -0.2) is 37.0 Å². The summed E-state index contributed by atoms with van der Waals surface area (Å²) in [6.45, 7) is 1.97. The second kappa shape index (κ2) is 5.65. The first-order chi connectivity index (χ1) is 8.67. The summed E-state index contributed by atoms with van der Waals surface area (Å²) in [6.07, 6.45) is 1.40. The Morgan fingerprint density at radius 1 is 1.50 bits per heavy atom. The zero-order valence-electron chi connectivity index (χ0n) is 10.5. The third-order valence-electron chi connectivity index (χ3n) is 3.20. The molecule has 1 heterocycles. The van der Waals surface area contributed by atoms with Gasteiger partial charge in [-0.05, 0) is 37.7 Å². The number of nitrogens with one attached hydrogen (secondary N) is 1. The highest BCUT2D eigenvalue weighted by molar-refractivity contribution is 5.78. The summed E-state index contributed by atoms with van der Waals surface area (Å²) in [5, 5.41) is 11.7. The highest BCUT2D eigenvalue weighted by Gasteiger charge is 2.20. The summed E-state index contributed by atoms with van der Waals surface area (Å²) in [6, 6.07) is 9.49. The van der Waals surface area contributed by atoms with Crippen LogP contribution in [0.15, 0.2) is 24.3 Å². The van der Waals surface area contributed by atoms with E-state index in [1.54, 1.807) is 12.1 Å². The number of benzene rings is 1. The van der Waals surface area contributed by atoms with E-state index in [9.17, 15) is 4.79 Å². The van der Waals surface area contributed by atoms with Gasteiger partial charge in [0.05, 0.1) is 18.1 Å². The number of rotatable bonds is 3. The van der Waals surface area contributed by atoms with E-state index >= 15 is 0 Å². The van der Waals surface area contributed by atoms with Gasteiger partial charge in [0.1, 0.15) is 0 Å². The SMILES string of the molecule is CN1CCC(NC(=O)Cc2ccc(C#N)cc2)C1. The Bertz CT molecular complexity index is 461. The highest BCUT2D eigenvalue weighted by atomic mass is 16.1. The molecule has 0 radical (unpaired) electrons. The molecule has 1 unspecified atom stereocenters. The molecular weight excluding hydrogens is 226 g/mol. The van der Waals surface area contributed by atoms with E-state index < -0.39 is 0 Å². The summed E-state index contributed by atoms with van der Waals surface area (Å²) in [4.78, 5) is 14.0. The van der Waals surface area contributed by atoms with Gasteiger partial charge in [-0.3, -0.25) is 4.79 Å². The monoisotopic (exact) mass is 243 g/mol. The molecule has 1 aromatic rings. The van der Waals surface area contributed by atoms with Crippen LogP contribution in [0.4, 0.5) is 0 Å². The number of likely N-dealkylation sites (N-methyl/N-ethyl adjacent to an activating group) is 1. The number of hydrogen-bond donors (Lipinski definition) is 1. The number of carbonyl (C=O) groups is 1. The summed E-state index contributed by atoms with van der Waals surface area (Å²) < 4.78 is 0. The van der Waals surface area contributed by atoms with Crippen molar-refractivity contribution in [1.82, 2.24) is 10.2 Å². The van der Waals surface area contributed by atoms with Gasteiger partial charge in [0, 0.05) is 12.6 Å². The minimum atomic E-state index is 0.0556. The molecule has 18 heavy (non-hydrogen) atoms. The van der Waals surface area contributed by atoms with Gasteiger partial charge in [-0.25, -0.2) is 0 Å². The molecule has 2 rings (SSSR count). The molecule has 1 saturated heterocycles. The first-order valence-electron chi connectivity index (χ1n) is 6.14. The molecule has 1 atom stereocenters. The lowest BCUT2D eigenvalue weighted by atomic mass is 10.1. The first kappa shape index (κ1) is 12.6. The van der Waals surface area contributed by atoms with Crippen LogP contribution in [-0.2, 0) is 11.2 Å². The maximum atomic E-state index is 11.8. The molecule has 0 aromatic heterocycles. The second-order valence-electron chi connectivity index (χ2n) is 4.80. The molecule has 1 fully saturated rings. The zero-order valence-corrected chi connectivity index (χ0v) is 10.5.